The lowest BCUT2D eigenvalue weighted by molar-refractivity contribution is 0.620. The summed E-state index contributed by atoms with van der Waals surface area (Å²) in [5, 5.41) is 3.20. The summed E-state index contributed by atoms with van der Waals surface area (Å²) in [5.74, 6) is -0.273. The molecule has 0 aliphatic carbocycles. The lowest BCUT2D eigenvalue weighted by Crippen LogP contribution is -2.19. The minimum absolute atomic E-state index is 0.155. The fourth-order valence-corrected chi connectivity index (χ4v) is 2.89. The van der Waals surface area contributed by atoms with E-state index < -0.39 is 0 Å². The molecular formula is C16H13BrFN3. The molecule has 1 atom stereocenters. The van der Waals surface area contributed by atoms with Crippen molar-refractivity contribution in [1.29, 1.82) is 0 Å². The summed E-state index contributed by atoms with van der Waals surface area (Å²) in [5.41, 5.74) is 3.41. The molecule has 106 valence electrons. The molecule has 0 radical (unpaired) electrons. The van der Waals surface area contributed by atoms with Crippen LogP contribution in [0, 0.1) is 5.82 Å². The Labute approximate surface area is 130 Å². The lowest BCUT2D eigenvalue weighted by Gasteiger charge is -2.17. The zero-order chi connectivity index (χ0) is 14.8. The van der Waals surface area contributed by atoms with E-state index in [1.165, 1.54) is 12.1 Å². The van der Waals surface area contributed by atoms with Crippen molar-refractivity contribution >= 4 is 27.0 Å². The van der Waals surface area contributed by atoms with Gasteiger partial charge in [-0.05, 0) is 36.9 Å². The predicted molar refractivity (Wildman–Crippen MR) is 84.5 cm³/mol. The molecule has 1 unspecified atom stereocenters. The summed E-state index contributed by atoms with van der Waals surface area (Å²) in [6.07, 6.45) is 1.75. The van der Waals surface area contributed by atoms with Crippen LogP contribution in [0.2, 0.25) is 0 Å². The molecule has 2 aromatic carbocycles. The van der Waals surface area contributed by atoms with E-state index in [1.54, 1.807) is 12.3 Å². The predicted octanol–water partition coefficient (Wildman–Crippen LogP) is 3.84. The van der Waals surface area contributed by atoms with Gasteiger partial charge in [0.1, 0.15) is 5.82 Å². The van der Waals surface area contributed by atoms with Gasteiger partial charge in [0.25, 0.3) is 0 Å². The van der Waals surface area contributed by atoms with Gasteiger partial charge in [0, 0.05) is 4.47 Å². The number of rotatable bonds is 3. The van der Waals surface area contributed by atoms with E-state index in [4.69, 9.17) is 0 Å². The second-order valence-corrected chi connectivity index (χ2v) is 5.53. The molecule has 0 saturated heterocycles. The number of benzene rings is 2. The molecule has 1 aromatic heterocycles. The minimum Gasteiger partial charge on any atom is -0.308 e. The molecule has 0 amide bonds. The first-order valence-electron chi connectivity index (χ1n) is 6.53. The summed E-state index contributed by atoms with van der Waals surface area (Å²) in [4.78, 5) is 9.08. The summed E-state index contributed by atoms with van der Waals surface area (Å²) >= 11 is 3.41. The normalized spacial score (nSPS) is 12.5. The molecule has 0 aliphatic rings. The number of halogens is 2. The zero-order valence-corrected chi connectivity index (χ0v) is 12.9. The molecule has 1 N–H and O–H groups in total. The van der Waals surface area contributed by atoms with Gasteiger partial charge in [-0.3, -0.25) is 4.98 Å². The monoisotopic (exact) mass is 345 g/mol. The number of para-hydroxylation sites is 2. The number of hydrogen-bond acceptors (Lipinski definition) is 3. The minimum atomic E-state index is -0.273. The van der Waals surface area contributed by atoms with Crippen LogP contribution in [0.3, 0.4) is 0 Å². The fourth-order valence-electron chi connectivity index (χ4n) is 2.31. The highest BCUT2D eigenvalue weighted by molar-refractivity contribution is 9.10. The van der Waals surface area contributed by atoms with Crippen molar-refractivity contribution in [3.63, 3.8) is 0 Å². The van der Waals surface area contributed by atoms with Crippen molar-refractivity contribution in [3.8, 4) is 0 Å². The van der Waals surface area contributed by atoms with Crippen molar-refractivity contribution in [2.24, 2.45) is 0 Å². The second kappa shape index (κ2) is 5.87. The quantitative estimate of drug-likeness (QED) is 0.783. The molecular weight excluding hydrogens is 333 g/mol. The topological polar surface area (TPSA) is 37.8 Å². The Morgan fingerprint density at radius 3 is 2.62 bits per heavy atom. The molecule has 5 heteroatoms. The smallest absolute Gasteiger partial charge is 0.124 e. The highest BCUT2D eigenvalue weighted by Crippen LogP contribution is 2.28. The highest BCUT2D eigenvalue weighted by atomic mass is 79.9. The lowest BCUT2D eigenvalue weighted by atomic mass is 10.0. The van der Waals surface area contributed by atoms with E-state index >= 15 is 0 Å². The maximum absolute atomic E-state index is 13.2. The van der Waals surface area contributed by atoms with Crippen LogP contribution in [-0.4, -0.2) is 17.0 Å². The molecule has 0 fully saturated rings. The second-order valence-electron chi connectivity index (χ2n) is 4.67. The summed E-state index contributed by atoms with van der Waals surface area (Å²) < 4.78 is 14.0. The third kappa shape index (κ3) is 2.80. The van der Waals surface area contributed by atoms with Gasteiger partial charge < -0.3 is 5.32 Å². The van der Waals surface area contributed by atoms with Crippen molar-refractivity contribution < 1.29 is 4.39 Å². The average Bonchev–Trinajstić information content (AvgIpc) is 2.50. The van der Waals surface area contributed by atoms with Gasteiger partial charge in [-0.2, -0.15) is 0 Å². The number of fused-ring (bicyclic) bond motifs is 1. The van der Waals surface area contributed by atoms with E-state index in [1.807, 2.05) is 31.3 Å². The Hall–Kier alpha value is -1.85. The Balaban J connectivity index is 2.09. The van der Waals surface area contributed by atoms with Gasteiger partial charge in [0.2, 0.25) is 0 Å². The zero-order valence-electron chi connectivity index (χ0n) is 11.3. The SMILES string of the molecule is CNC(c1cnc2ccccc2n1)c1ccc(F)cc1Br. The van der Waals surface area contributed by atoms with Crippen molar-refractivity contribution in [1.82, 2.24) is 15.3 Å². The van der Waals surface area contributed by atoms with E-state index in [-0.39, 0.29) is 11.9 Å². The molecule has 0 spiro atoms. The summed E-state index contributed by atoms with van der Waals surface area (Å²) in [6.45, 7) is 0. The number of nitrogens with one attached hydrogen (secondary N) is 1. The Morgan fingerprint density at radius 1 is 1.14 bits per heavy atom. The highest BCUT2D eigenvalue weighted by Gasteiger charge is 2.17. The van der Waals surface area contributed by atoms with Crippen LogP contribution < -0.4 is 5.32 Å². The first kappa shape index (κ1) is 14.1. The standard InChI is InChI=1S/C16H13BrFN3/c1-19-16(11-7-6-10(18)8-12(11)17)15-9-20-13-4-2-3-5-14(13)21-15/h2-9,16,19H,1H3. The van der Waals surface area contributed by atoms with Crippen LogP contribution in [0.25, 0.3) is 11.0 Å². The molecule has 21 heavy (non-hydrogen) atoms. The van der Waals surface area contributed by atoms with Crippen molar-refractivity contribution in [3.05, 3.63) is 70.2 Å². The first-order chi connectivity index (χ1) is 10.2. The van der Waals surface area contributed by atoms with Crippen LogP contribution in [0.4, 0.5) is 4.39 Å². The largest absolute Gasteiger partial charge is 0.308 e. The molecule has 0 aliphatic heterocycles. The average molecular weight is 346 g/mol. The summed E-state index contributed by atoms with van der Waals surface area (Å²) in [7, 11) is 1.84. The fraction of sp³-hybridized carbons (Fsp3) is 0.125. The molecule has 0 bridgehead atoms. The van der Waals surface area contributed by atoms with Crippen LogP contribution >= 0.6 is 15.9 Å². The Morgan fingerprint density at radius 2 is 1.90 bits per heavy atom. The number of nitrogens with zero attached hydrogens (tertiary/aromatic N) is 2. The van der Waals surface area contributed by atoms with Crippen LogP contribution in [0.1, 0.15) is 17.3 Å². The van der Waals surface area contributed by atoms with Crippen LogP contribution in [-0.2, 0) is 0 Å². The van der Waals surface area contributed by atoms with Crippen LogP contribution in [0.5, 0.6) is 0 Å². The molecule has 3 aromatic rings. The Bertz CT molecular complexity index is 791. The van der Waals surface area contributed by atoms with E-state index in [9.17, 15) is 4.39 Å². The van der Waals surface area contributed by atoms with Crippen molar-refractivity contribution in [2.45, 2.75) is 6.04 Å². The van der Waals surface area contributed by atoms with Crippen molar-refractivity contribution in [2.75, 3.05) is 7.05 Å². The summed E-state index contributed by atoms with van der Waals surface area (Å²) in [6, 6.07) is 12.2. The van der Waals surface area contributed by atoms with Gasteiger partial charge in [-0.25, -0.2) is 9.37 Å². The van der Waals surface area contributed by atoms with Gasteiger partial charge in [0.15, 0.2) is 0 Å². The van der Waals surface area contributed by atoms with Gasteiger partial charge in [-0.15, -0.1) is 0 Å². The maximum Gasteiger partial charge on any atom is 0.124 e. The van der Waals surface area contributed by atoms with Gasteiger partial charge in [0.05, 0.1) is 29.0 Å². The first-order valence-corrected chi connectivity index (χ1v) is 7.32. The van der Waals surface area contributed by atoms with Crippen LogP contribution in [0.15, 0.2) is 53.1 Å². The van der Waals surface area contributed by atoms with Gasteiger partial charge >= 0.3 is 0 Å². The number of aromatic nitrogens is 2. The van der Waals surface area contributed by atoms with Gasteiger partial charge in [-0.1, -0.05) is 34.1 Å². The third-order valence-electron chi connectivity index (χ3n) is 3.33. The molecule has 1 heterocycles. The maximum atomic E-state index is 13.2. The third-order valence-corrected chi connectivity index (χ3v) is 4.01. The van der Waals surface area contributed by atoms with E-state index in [0.29, 0.717) is 4.47 Å². The number of hydrogen-bond donors (Lipinski definition) is 1. The van der Waals surface area contributed by atoms with E-state index in [2.05, 4.69) is 31.2 Å². The molecule has 3 rings (SSSR count). The molecule has 3 nitrogen and oxygen atoms in total. The molecule has 0 saturated carbocycles. The Kier molecular flexibility index (Phi) is 3.94. The van der Waals surface area contributed by atoms with E-state index in [0.717, 1.165) is 22.3 Å².